The van der Waals surface area contributed by atoms with E-state index >= 15 is 0 Å². The Morgan fingerprint density at radius 2 is 1.75 bits per heavy atom. The molecule has 0 aromatic heterocycles. The molecule has 0 aliphatic heterocycles. The van der Waals surface area contributed by atoms with Crippen LogP contribution in [0.2, 0.25) is 0 Å². The van der Waals surface area contributed by atoms with E-state index in [1.165, 1.54) is 19.1 Å². The fraction of sp³-hybridized carbons (Fsp3) is 0.111. The Morgan fingerprint density at radius 3 is 2.19 bits per heavy atom. The molecule has 6 nitrogen and oxygen atoms in total. The number of para-hydroxylation sites is 1. The second-order valence-electron chi connectivity index (χ2n) is 2.39. The van der Waals surface area contributed by atoms with E-state index in [2.05, 4.69) is 4.74 Å². The molecule has 0 unspecified atom stereocenters. The average Bonchev–Trinajstić information content (AvgIpc) is 2.03. The standard InChI is InChI=1S/C9H8O4.Na.2H2O.H/c1-6(10)13-8-5-3-2-4-7(8)9(11)12;;;;/h2-5H,1H3,(H,11,12);;2*1H2;/q;+1;;;-1. The number of hydrogen-bond acceptors (Lipinski definition) is 3. The Balaban J connectivity index is -0.000000211. The first-order chi connectivity index (χ1) is 6.11. The Morgan fingerprint density at radius 1 is 1.25 bits per heavy atom. The van der Waals surface area contributed by atoms with Gasteiger partial charge in [0.1, 0.15) is 11.3 Å². The molecular formula is C9H13NaO6. The molecule has 0 bridgehead atoms. The van der Waals surface area contributed by atoms with Crippen molar-refractivity contribution in [3.8, 4) is 5.75 Å². The van der Waals surface area contributed by atoms with Crippen LogP contribution in [0.3, 0.4) is 0 Å². The normalized spacial score (nSPS) is 7.56. The van der Waals surface area contributed by atoms with E-state index in [1.54, 1.807) is 12.1 Å². The van der Waals surface area contributed by atoms with E-state index < -0.39 is 11.9 Å². The molecule has 1 aromatic carbocycles. The summed E-state index contributed by atoms with van der Waals surface area (Å²) in [6.07, 6.45) is 0. The molecule has 0 heterocycles. The van der Waals surface area contributed by atoms with Gasteiger partial charge in [0.15, 0.2) is 0 Å². The molecule has 1 aromatic rings. The summed E-state index contributed by atoms with van der Waals surface area (Å²) in [6.45, 7) is 1.22. The monoisotopic (exact) mass is 240 g/mol. The third kappa shape index (κ3) is 5.84. The maximum atomic E-state index is 10.6. The average molecular weight is 240 g/mol. The van der Waals surface area contributed by atoms with Crippen LogP contribution in [0, 0.1) is 0 Å². The summed E-state index contributed by atoms with van der Waals surface area (Å²) >= 11 is 0. The Bertz CT molecular complexity index is 357. The molecule has 0 aliphatic carbocycles. The van der Waals surface area contributed by atoms with Crippen molar-refractivity contribution < 1.29 is 61.4 Å². The minimum atomic E-state index is -1.11. The van der Waals surface area contributed by atoms with Crippen molar-refractivity contribution in [3.05, 3.63) is 29.8 Å². The molecule has 0 aliphatic rings. The van der Waals surface area contributed by atoms with Gasteiger partial charge in [-0.2, -0.15) is 0 Å². The fourth-order valence-corrected chi connectivity index (χ4v) is 0.887. The summed E-state index contributed by atoms with van der Waals surface area (Å²) in [5.41, 5.74) is -0.0160. The van der Waals surface area contributed by atoms with Crippen molar-refractivity contribution in [1.29, 1.82) is 0 Å². The molecule has 0 radical (unpaired) electrons. The Hall–Kier alpha value is -0.920. The number of carboxylic acid groups (broad SMARTS) is 1. The maximum Gasteiger partial charge on any atom is 1.00 e. The van der Waals surface area contributed by atoms with Crippen molar-refractivity contribution in [3.63, 3.8) is 0 Å². The molecule has 0 saturated heterocycles. The summed E-state index contributed by atoms with van der Waals surface area (Å²) in [6, 6.07) is 5.98. The van der Waals surface area contributed by atoms with Crippen molar-refractivity contribution in [2.45, 2.75) is 6.92 Å². The van der Waals surface area contributed by atoms with Gasteiger partial charge in [0.2, 0.25) is 0 Å². The summed E-state index contributed by atoms with van der Waals surface area (Å²) < 4.78 is 4.69. The van der Waals surface area contributed by atoms with Gasteiger partial charge < -0.3 is 22.2 Å². The van der Waals surface area contributed by atoms with E-state index in [4.69, 9.17) is 5.11 Å². The molecule has 0 amide bonds. The molecule has 5 N–H and O–H groups in total. The number of carboxylic acids is 1. The third-order valence-electron chi connectivity index (χ3n) is 1.37. The second-order valence-corrected chi connectivity index (χ2v) is 2.39. The van der Waals surface area contributed by atoms with E-state index in [0.29, 0.717) is 0 Å². The maximum absolute atomic E-state index is 10.6. The van der Waals surface area contributed by atoms with Crippen molar-refractivity contribution in [1.82, 2.24) is 0 Å². The summed E-state index contributed by atoms with van der Waals surface area (Å²) in [5, 5.41) is 8.69. The third-order valence-corrected chi connectivity index (χ3v) is 1.37. The van der Waals surface area contributed by atoms with Crippen LogP contribution in [0.1, 0.15) is 18.7 Å². The van der Waals surface area contributed by atoms with E-state index in [-0.39, 0.29) is 53.2 Å². The van der Waals surface area contributed by atoms with Crippen molar-refractivity contribution in [2.75, 3.05) is 0 Å². The molecule has 86 valence electrons. The number of ether oxygens (including phenoxy) is 1. The zero-order valence-corrected chi connectivity index (χ0v) is 11.0. The first-order valence-corrected chi connectivity index (χ1v) is 3.62. The summed E-state index contributed by atoms with van der Waals surface area (Å²) in [7, 11) is 0. The molecule has 16 heavy (non-hydrogen) atoms. The predicted molar refractivity (Wildman–Crippen MR) is 53.0 cm³/mol. The van der Waals surface area contributed by atoms with Crippen molar-refractivity contribution in [2.24, 2.45) is 0 Å². The first-order valence-electron chi connectivity index (χ1n) is 3.62. The molecule has 7 heteroatoms. The predicted octanol–water partition coefficient (Wildman–Crippen LogP) is -3.22. The molecule has 0 atom stereocenters. The van der Waals surface area contributed by atoms with E-state index in [9.17, 15) is 9.59 Å². The minimum Gasteiger partial charge on any atom is -1.00 e. The zero-order chi connectivity index (χ0) is 9.84. The van der Waals surface area contributed by atoms with Crippen LogP contribution in [0.25, 0.3) is 0 Å². The van der Waals surface area contributed by atoms with Crippen LogP contribution in [-0.4, -0.2) is 28.0 Å². The number of carbonyl (C=O) groups is 2. The molecule has 1 rings (SSSR count). The Kier molecular flexibility index (Phi) is 11.9. The van der Waals surface area contributed by atoms with Crippen LogP contribution < -0.4 is 34.3 Å². The van der Waals surface area contributed by atoms with Gasteiger partial charge in [-0.25, -0.2) is 4.79 Å². The van der Waals surface area contributed by atoms with Gasteiger partial charge in [0.05, 0.1) is 0 Å². The largest absolute Gasteiger partial charge is 1.00 e. The molecule has 0 spiro atoms. The van der Waals surface area contributed by atoms with Crippen LogP contribution in [-0.2, 0) is 4.79 Å². The summed E-state index contributed by atoms with van der Waals surface area (Å²) in [5.74, 6) is -1.58. The van der Waals surface area contributed by atoms with Gasteiger partial charge in [-0.05, 0) is 12.1 Å². The van der Waals surface area contributed by atoms with Crippen LogP contribution in [0.5, 0.6) is 5.75 Å². The van der Waals surface area contributed by atoms with Gasteiger partial charge in [0.25, 0.3) is 0 Å². The van der Waals surface area contributed by atoms with Crippen molar-refractivity contribution >= 4 is 11.9 Å². The number of benzene rings is 1. The minimum absolute atomic E-state index is 0. The number of hydrogen-bond donors (Lipinski definition) is 1. The zero-order valence-electron chi connectivity index (χ0n) is 9.98. The fourth-order valence-electron chi connectivity index (χ4n) is 0.887. The van der Waals surface area contributed by atoms with Crippen LogP contribution in [0.4, 0.5) is 0 Å². The van der Waals surface area contributed by atoms with Gasteiger partial charge in [0, 0.05) is 6.92 Å². The topological polar surface area (TPSA) is 127 Å². The molecule has 0 saturated carbocycles. The molecule has 0 fully saturated rings. The van der Waals surface area contributed by atoms with Gasteiger partial charge in [-0.15, -0.1) is 0 Å². The number of aromatic carboxylic acids is 1. The molecular weight excluding hydrogens is 227 g/mol. The first kappa shape index (κ1) is 20.5. The van der Waals surface area contributed by atoms with E-state index in [0.717, 1.165) is 0 Å². The summed E-state index contributed by atoms with van der Waals surface area (Å²) in [4.78, 5) is 21.2. The number of esters is 1. The number of carbonyl (C=O) groups excluding carboxylic acids is 1. The van der Waals surface area contributed by atoms with Gasteiger partial charge in [-0.1, -0.05) is 12.1 Å². The van der Waals surface area contributed by atoms with Crippen LogP contribution in [0.15, 0.2) is 24.3 Å². The SMILES string of the molecule is CC(=O)Oc1ccccc1C(=O)O.O.O.[H-].[Na+]. The van der Waals surface area contributed by atoms with E-state index in [1.807, 2.05) is 0 Å². The quantitative estimate of drug-likeness (QED) is 0.331. The Labute approximate surface area is 116 Å². The van der Waals surface area contributed by atoms with Crippen LogP contribution >= 0.6 is 0 Å². The van der Waals surface area contributed by atoms with Gasteiger partial charge >= 0.3 is 41.5 Å². The number of rotatable bonds is 2. The second kappa shape index (κ2) is 9.32. The smallest absolute Gasteiger partial charge is 1.00 e. The van der Waals surface area contributed by atoms with Gasteiger partial charge in [-0.3, -0.25) is 4.79 Å².